The van der Waals surface area contributed by atoms with E-state index in [0.717, 1.165) is 5.56 Å². The van der Waals surface area contributed by atoms with Gasteiger partial charge in [0.1, 0.15) is 12.1 Å². The van der Waals surface area contributed by atoms with Crippen LogP contribution in [0.1, 0.15) is 5.56 Å². The molecule has 1 aliphatic heterocycles. The van der Waals surface area contributed by atoms with Gasteiger partial charge in [-0.15, -0.1) is 0 Å². The van der Waals surface area contributed by atoms with E-state index in [9.17, 15) is 10.1 Å². The molecule has 1 aliphatic rings. The molecule has 28 heavy (non-hydrogen) atoms. The molecule has 0 saturated carbocycles. The number of aromatic nitrogens is 3. The number of nitrogens with zero attached hydrogens (tertiary/aromatic N) is 4. The molecule has 0 bridgehead atoms. The minimum Gasteiger partial charge on any atom is -0.454 e. The molecule has 0 atom stereocenters. The van der Waals surface area contributed by atoms with Crippen molar-refractivity contribution in [3.63, 3.8) is 0 Å². The topological polar surface area (TPSA) is 124 Å². The molecule has 0 saturated heterocycles. The minimum atomic E-state index is -0.555. The van der Waals surface area contributed by atoms with E-state index in [-0.39, 0.29) is 24.1 Å². The van der Waals surface area contributed by atoms with Crippen molar-refractivity contribution in [2.75, 3.05) is 17.4 Å². The van der Waals surface area contributed by atoms with Crippen LogP contribution < -0.4 is 20.1 Å². The Morgan fingerprint density at radius 2 is 1.93 bits per heavy atom. The lowest BCUT2D eigenvalue weighted by Gasteiger charge is -2.10. The first-order valence-corrected chi connectivity index (χ1v) is 8.48. The number of hydrogen-bond donors (Lipinski definition) is 2. The van der Waals surface area contributed by atoms with Crippen molar-refractivity contribution in [3.05, 3.63) is 63.6 Å². The van der Waals surface area contributed by atoms with Gasteiger partial charge in [-0.1, -0.05) is 17.7 Å². The Morgan fingerprint density at radius 1 is 1.11 bits per heavy atom. The van der Waals surface area contributed by atoms with Crippen molar-refractivity contribution in [2.45, 2.75) is 6.54 Å². The maximum Gasteiger partial charge on any atom is 0.353 e. The zero-order chi connectivity index (χ0) is 19.5. The van der Waals surface area contributed by atoms with Crippen LogP contribution in [0.25, 0.3) is 0 Å². The highest BCUT2D eigenvalue weighted by Crippen LogP contribution is 2.34. The lowest BCUT2D eigenvalue weighted by atomic mass is 10.2. The van der Waals surface area contributed by atoms with E-state index >= 15 is 0 Å². The predicted molar refractivity (Wildman–Crippen MR) is 101 cm³/mol. The quantitative estimate of drug-likeness (QED) is 0.472. The zero-order valence-corrected chi connectivity index (χ0v) is 15.0. The van der Waals surface area contributed by atoms with Gasteiger partial charge in [-0.25, -0.2) is 15.0 Å². The molecular formula is C17H13ClN6O4. The summed E-state index contributed by atoms with van der Waals surface area (Å²) in [5.41, 5.74) is 0.561. The maximum absolute atomic E-state index is 11.6. The number of nitrogens with one attached hydrogen (secondary N) is 2. The van der Waals surface area contributed by atoms with Crippen LogP contribution in [0.3, 0.4) is 0 Å². The summed E-state index contributed by atoms with van der Waals surface area (Å²) >= 11 is 5.81. The average Bonchev–Trinajstić information content (AvgIpc) is 3.16. The van der Waals surface area contributed by atoms with Gasteiger partial charge in [-0.05, 0) is 29.8 Å². The molecule has 11 heteroatoms. The number of rotatable bonds is 6. The van der Waals surface area contributed by atoms with Crippen molar-refractivity contribution in [1.82, 2.24) is 15.0 Å². The molecule has 0 aliphatic carbocycles. The highest BCUT2D eigenvalue weighted by atomic mass is 35.5. The second-order valence-electron chi connectivity index (χ2n) is 5.70. The SMILES string of the molecule is O=[N+]([O-])c1c(NCc2ccc3c(c2)OCO3)ncnc1Nc1ccc(Cl)cn1. The van der Waals surface area contributed by atoms with Gasteiger partial charge < -0.3 is 20.1 Å². The first kappa shape index (κ1) is 17.7. The van der Waals surface area contributed by atoms with Crippen molar-refractivity contribution in [1.29, 1.82) is 0 Å². The Bertz CT molecular complexity index is 1030. The van der Waals surface area contributed by atoms with E-state index < -0.39 is 4.92 Å². The first-order chi connectivity index (χ1) is 13.6. The summed E-state index contributed by atoms with van der Waals surface area (Å²) < 4.78 is 10.6. The Morgan fingerprint density at radius 3 is 2.71 bits per heavy atom. The smallest absolute Gasteiger partial charge is 0.353 e. The van der Waals surface area contributed by atoms with Crippen LogP contribution >= 0.6 is 11.6 Å². The molecular weight excluding hydrogens is 388 g/mol. The molecule has 3 aromatic rings. The van der Waals surface area contributed by atoms with Gasteiger partial charge in [-0.3, -0.25) is 10.1 Å². The number of ether oxygens (including phenoxy) is 2. The fourth-order valence-corrected chi connectivity index (χ4v) is 2.69. The minimum absolute atomic E-state index is 0.0167. The molecule has 4 rings (SSSR count). The molecule has 0 spiro atoms. The third kappa shape index (κ3) is 3.71. The van der Waals surface area contributed by atoms with Gasteiger partial charge in [-0.2, -0.15) is 0 Å². The first-order valence-electron chi connectivity index (χ1n) is 8.10. The van der Waals surface area contributed by atoms with Crippen LogP contribution in [-0.2, 0) is 6.54 Å². The van der Waals surface area contributed by atoms with E-state index in [1.807, 2.05) is 6.07 Å². The van der Waals surface area contributed by atoms with Crippen LogP contribution in [0.15, 0.2) is 42.9 Å². The van der Waals surface area contributed by atoms with Gasteiger partial charge in [0.15, 0.2) is 11.5 Å². The molecule has 0 fully saturated rings. The number of anilines is 3. The second-order valence-corrected chi connectivity index (χ2v) is 6.14. The van der Waals surface area contributed by atoms with Crippen LogP contribution in [-0.4, -0.2) is 26.7 Å². The lowest BCUT2D eigenvalue weighted by molar-refractivity contribution is -0.383. The molecule has 2 aromatic heterocycles. The van der Waals surface area contributed by atoms with E-state index in [1.165, 1.54) is 12.5 Å². The summed E-state index contributed by atoms with van der Waals surface area (Å²) in [6.07, 6.45) is 2.66. The molecule has 142 valence electrons. The summed E-state index contributed by atoms with van der Waals surface area (Å²) in [7, 11) is 0. The summed E-state index contributed by atoms with van der Waals surface area (Å²) in [5, 5.41) is 17.9. The van der Waals surface area contributed by atoms with Crippen LogP contribution in [0.4, 0.5) is 23.1 Å². The van der Waals surface area contributed by atoms with Gasteiger partial charge in [0.05, 0.1) is 9.95 Å². The molecule has 2 N–H and O–H groups in total. The van der Waals surface area contributed by atoms with E-state index in [1.54, 1.807) is 24.3 Å². The number of benzene rings is 1. The number of pyridine rings is 1. The van der Waals surface area contributed by atoms with Crippen LogP contribution in [0, 0.1) is 10.1 Å². The van der Waals surface area contributed by atoms with E-state index in [0.29, 0.717) is 28.9 Å². The Balaban J connectivity index is 1.56. The van der Waals surface area contributed by atoms with Crippen molar-refractivity contribution in [2.24, 2.45) is 0 Å². The van der Waals surface area contributed by atoms with Crippen LogP contribution in [0.2, 0.25) is 5.02 Å². The number of fused-ring (bicyclic) bond motifs is 1. The van der Waals surface area contributed by atoms with Crippen molar-refractivity contribution in [3.8, 4) is 11.5 Å². The summed E-state index contributed by atoms with van der Waals surface area (Å²) in [5.74, 6) is 1.76. The van der Waals surface area contributed by atoms with E-state index in [2.05, 4.69) is 25.6 Å². The normalized spacial score (nSPS) is 11.9. The molecule has 0 unspecified atom stereocenters. The molecule has 3 heterocycles. The molecule has 0 radical (unpaired) electrons. The molecule has 1 aromatic carbocycles. The highest BCUT2D eigenvalue weighted by molar-refractivity contribution is 6.30. The average molecular weight is 401 g/mol. The Labute approximate surface area is 163 Å². The van der Waals surface area contributed by atoms with Crippen LogP contribution in [0.5, 0.6) is 11.5 Å². The summed E-state index contributed by atoms with van der Waals surface area (Å²) in [6.45, 7) is 0.477. The Hall–Kier alpha value is -3.66. The summed E-state index contributed by atoms with van der Waals surface area (Å²) in [6, 6.07) is 8.63. The predicted octanol–water partition coefficient (Wildman–Crippen LogP) is 3.52. The number of halogens is 1. The molecule has 0 amide bonds. The lowest BCUT2D eigenvalue weighted by Crippen LogP contribution is -2.08. The second kappa shape index (κ2) is 7.53. The van der Waals surface area contributed by atoms with E-state index in [4.69, 9.17) is 21.1 Å². The third-order valence-corrected chi connectivity index (χ3v) is 4.10. The Kier molecular flexibility index (Phi) is 4.77. The van der Waals surface area contributed by atoms with Crippen molar-refractivity contribution >= 4 is 34.7 Å². The van der Waals surface area contributed by atoms with Gasteiger partial charge in [0, 0.05) is 12.7 Å². The van der Waals surface area contributed by atoms with Gasteiger partial charge in [0.2, 0.25) is 18.4 Å². The fraction of sp³-hybridized carbons (Fsp3) is 0.118. The maximum atomic E-state index is 11.6. The summed E-state index contributed by atoms with van der Waals surface area (Å²) in [4.78, 5) is 23.1. The van der Waals surface area contributed by atoms with Gasteiger partial charge in [0.25, 0.3) is 0 Å². The largest absolute Gasteiger partial charge is 0.454 e. The number of nitro groups is 1. The molecule has 10 nitrogen and oxygen atoms in total. The third-order valence-electron chi connectivity index (χ3n) is 3.88. The zero-order valence-electron chi connectivity index (χ0n) is 14.3. The van der Waals surface area contributed by atoms with Gasteiger partial charge >= 0.3 is 5.69 Å². The van der Waals surface area contributed by atoms with Crippen molar-refractivity contribution < 1.29 is 14.4 Å². The highest BCUT2D eigenvalue weighted by Gasteiger charge is 2.23. The standard InChI is InChI=1S/C17H13ClN6O4/c18-11-2-4-14(19-7-11)23-17-15(24(25)26)16(21-8-22-17)20-6-10-1-3-12-13(5-10)28-9-27-12/h1-5,7-8H,6,9H2,(H2,19,20,21,22,23). The fourth-order valence-electron chi connectivity index (χ4n) is 2.58. The monoisotopic (exact) mass is 400 g/mol. The number of hydrogen-bond acceptors (Lipinski definition) is 9.